The molecule has 5 heteroatoms. The van der Waals surface area contributed by atoms with Crippen molar-refractivity contribution in [1.29, 1.82) is 0 Å². The first-order chi connectivity index (χ1) is 10.6. The predicted octanol–water partition coefficient (Wildman–Crippen LogP) is 4.35. The van der Waals surface area contributed by atoms with E-state index in [4.69, 9.17) is 4.74 Å². The van der Waals surface area contributed by atoms with Crippen LogP contribution in [-0.4, -0.2) is 18.3 Å². The van der Waals surface area contributed by atoms with Crippen molar-refractivity contribution in [1.82, 2.24) is 0 Å². The van der Waals surface area contributed by atoms with Crippen molar-refractivity contribution in [3.05, 3.63) is 71.3 Å². The normalized spacial score (nSPS) is 10.7. The molecule has 0 bridgehead atoms. The van der Waals surface area contributed by atoms with Crippen LogP contribution in [0.1, 0.15) is 23.3 Å². The smallest absolute Gasteiger partial charge is 0.315 e. The average Bonchev–Trinajstić information content (AvgIpc) is 2.51. The maximum absolute atomic E-state index is 13.1. The first-order valence-electron chi connectivity index (χ1n) is 6.88. The van der Waals surface area contributed by atoms with Gasteiger partial charge in [-0.25, -0.2) is 8.78 Å². The summed E-state index contributed by atoms with van der Waals surface area (Å²) in [6.07, 6.45) is 0. The second-order valence-electron chi connectivity index (χ2n) is 4.60. The first-order valence-corrected chi connectivity index (χ1v) is 7.93. The van der Waals surface area contributed by atoms with Gasteiger partial charge in [0.1, 0.15) is 11.6 Å². The van der Waals surface area contributed by atoms with Crippen LogP contribution >= 0.6 is 11.8 Å². The SMILES string of the molecule is CCOC(=O)CSC(c1ccc(F)cc1)c1ccc(F)cc1. The highest BCUT2D eigenvalue weighted by Gasteiger charge is 2.17. The molecule has 116 valence electrons. The Hall–Kier alpha value is -1.88. The summed E-state index contributed by atoms with van der Waals surface area (Å²) in [5.74, 6) is -0.775. The second kappa shape index (κ2) is 7.94. The Morgan fingerprint density at radius 2 is 1.45 bits per heavy atom. The van der Waals surface area contributed by atoms with Gasteiger partial charge in [0.15, 0.2) is 0 Å². The van der Waals surface area contributed by atoms with Crippen molar-refractivity contribution in [2.75, 3.05) is 12.4 Å². The zero-order valence-electron chi connectivity index (χ0n) is 12.1. The Balaban J connectivity index is 2.22. The van der Waals surface area contributed by atoms with Crippen LogP contribution in [0.4, 0.5) is 8.78 Å². The van der Waals surface area contributed by atoms with Crippen LogP contribution in [-0.2, 0) is 9.53 Å². The van der Waals surface area contributed by atoms with Gasteiger partial charge in [0, 0.05) is 0 Å². The van der Waals surface area contributed by atoms with E-state index in [2.05, 4.69) is 0 Å². The standard InChI is InChI=1S/C17H16F2O2S/c1-2-21-16(20)11-22-17(12-3-7-14(18)8-4-12)13-5-9-15(19)10-6-13/h3-10,17H,2,11H2,1H3. The molecule has 0 N–H and O–H groups in total. The summed E-state index contributed by atoms with van der Waals surface area (Å²) < 4.78 is 31.1. The van der Waals surface area contributed by atoms with E-state index in [-0.39, 0.29) is 28.6 Å². The van der Waals surface area contributed by atoms with E-state index in [1.165, 1.54) is 36.0 Å². The Morgan fingerprint density at radius 1 is 1.00 bits per heavy atom. The number of rotatable bonds is 6. The molecule has 22 heavy (non-hydrogen) atoms. The Kier molecular flexibility index (Phi) is 5.95. The molecular formula is C17H16F2O2S. The van der Waals surface area contributed by atoms with Gasteiger partial charge in [-0.3, -0.25) is 4.79 Å². The van der Waals surface area contributed by atoms with Crippen LogP contribution in [0.5, 0.6) is 0 Å². The molecule has 2 aromatic rings. The fourth-order valence-electron chi connectivity index (χ4n) is 2.01. The quantitative estimate of drug-likeness (QED) is 0.740. The summed E-state index contributed by atoms with van der Waals surface area (Å²) in [6.45, 7) is 2.08. The van der Waals surface area contributed by atoms with E-state index in [1.807, 2.05) is 0 Å². The van der Waals surface area contributed by atoms with Gasteiger partial charge in [-0.1, -0.05) is 24.3 Å². The first kappa shape index (κ1) is 16.5. The molecule has 0 heterocycles. The summed E-state index contributed by atoms with van der Waals surface area (Å²) in [7, 11) is 0. The number of benzene rings is 2. The van der Waals surface area contributed by atoms with Crippen molar-refractivity contribution in [2.24, 2.45) is 0 Å². The average molecular weight is 322 g/mol. The van der Waals surface area contributed by atoms with Gasteiger partial charge >= 0.3 is 5.97 Å². The molecule has 0 fully saturated rings. The largest absolute Gasteiger partial charge is 0.465 e. The lowest BCUT2D eigenvalue weighted by Crippen LogP contribution is -2.09. The van der Waals surface area contributed by atoms with Crippen molar-refractivity contribution in [3.8, 4) is 0 Å². The van der Waals surface area contributed by atoms with E-state index in [0.29, 0.717) is 6.61 Å². The van der Waals surface area contributed by atoms with E-state index in [0.717, 1.165) is 11.1 Å². The van der Waals surface area contributed by atoms with Crippen LogP contribution < -0.4 is 0 Å². The molecular weight excluding hydrogens is 306 g/mol. The molecule has 0 amide bonds. The highest BCUT2D eigenvalue weighted by atomic mass is 32.2. The third-order valence-electron chi connectivity index (χ3n) is 3.02. The van der Waals surface area contributed by atoms with Crippen LogP contribution in [0.2, 0.25) is 0 Å². The molecule has 2 nitrogen and oxygen atoms in total. The number of esters is 1. The lowest BCUT2D eigenvalue weighted by Gasteiger charge is -2.17. The fraction of sp³-hybridized carbons (Fsp3) is 0.235. The van der Waals surface area contributed by atoms with E-state index < -0.39 is 0 Å². The molecule has 0 saturated carbocycles. The minimum atomic E-state index is -0.322. The number of carbonyl (C=O) groups is 1. The third kappa shape index (κ3) is 4.56. The Labute approximate surface area is 132 Å². The highest BCUT2D eigenvalue weighted by molar-refractivity contribution is 8.00. The molecule has 0 atom stereocenters. The minimum absolute atomic E-state index is 0.174. The van der Waals surface area contributed by atoms with Gasteiger partial charge in [-0.05, 0) is 42.3 Å². The molecule has 0 radical (unpaired) electrons. The van der Waals surface area contributed by atoms with Gasteiger partial charge in [0.05, 0.1) is 17.6 Å². The molecule has 0 unspecified atom stereocenters. The van der Waals surface area contributed by atoms with Crippen molar-refractivity contribution in [3.63, 3.8) is 0 Å². The van der Waals surface area contributed by atoms with Gasteiger partial charge < -0.3 is 4.74 Å². The molecule has 0 saturated heterocycles. The second-order valence-corrected chi connectivity index (χ2v) is 5.69. The van der Waals surface area contributed by atoms with Crippen LogP contribution in [0.25, 0.3) is 0 Å². The van der Waals surface area contributed by atoms with Gasteiger partial charge in [-0.2, -0.15) is 0 Å². The number of carbonyl (C=O) groups excluding carboxylic acids is 1. The lowest BCUT2D eigenvalue weighted by molar-refractivity contribution is -0.139. The van der Waals surface area contributed by atoms with Gasteiger partial charge in [0.25, 0.3) is 0 Å². The monoisotopic (exact) mass is 322 g/mol. The van der Waals surface area contributed by atoms with Crippen LogP contribution in [0.15, 0.2) is 48.5 Å². The fourth-order valence-corrected chi connectivity index (χ4v) is 3.10. The Bertz CT molecular complexity index is 566. The summed E-state index contributed by atoms with van der Waals surface area (Å²) in [6, 6.07) is 12.2. The maximum Gasteiger partial charge on any atom is 0.315 e. The molecule has 0 aliphatic rings. The molecule has 2 rings (SSSR count). The summed E-state index contributed by atoms with van der Waals surface area (Å²) in [4.78, 5) is 11.6. The number of ether oxygens (including phenoxy) is 1. The third-order valence-corrected chi connectivity index (χ3v) is 4.30. The molecule has 0 aliphatic heterocycles. The van der Waals surface area contributed by atoms with Crippen molar-refractivity contribution in [2.45, 2.75) is 12.2 Å². The molecule has 0 aromatic heterocycles. The van der Waals surface area contributed by atoms with Crippen LogP contribution in [0.3, 0.4) is 0 Å². The summed E-state index contributed by atoms with van der Waals surface area (Å²) in [5.41, 5.74) is 1.70. The topological polar surface area (TPSA) is 26.3 Å². The predicted molar refractivity (Wildman–Crippen MR) is 83.7 cm³/mol. The van der Waals surface area contributed by atoms with Crippen molar-refractivity contribution >= 4 is 17.7 Å². The van der Waals surface area contributed by atoms with E-state index in [1.54, 1.807) is 31.2 Å². The number of hydrogen-bond donors (Lipinski definition) is 0. The van der Waals surface area contributed by atoms with Gasteiger partial charge in [0.2, 0.25) is 0 Å². The molecule has 2 aromatic carbocycles. The number of thioether (sulfide) groups is 1. The minimum Gasteiger partial charge on any atom is -0.465 e. The van der Waals surface area contributed by atoms with Gasteiger partial charge in [-0.15, -0.1) is 11.8 Å². The maximum atomic E-state index is 13.1. The van der Waals surface area contributed by atoms with E-state index in [9.17, 15) is 13.6 Å². The van der Waals surface area contributed by atoms with Crippen LogP contribution in [0, 0.1) is 11.6 Å². The summed E-state index contributed by atoms with van der Waals surface area (Å²) >= 11 is 1.37. The number of halogens is 2. The highest BCUT2D eigenvalue weighted by Crippen LogP contribution is 2.35. The molecule has 0 aliphatic carbocycles. The Morgan fingerprint density at radius 3 is 1.86 bits per heavy atom. The number of hydrogen-bond acceptors (Lipinski definition) is 3. The van der Waals surface area contributed by atoms with Crippen molar-refractivity contribution < 1.29 is 18.3 Å². The summed E-state index contributed by atoms with van der Waals surface area (Å²) in [5, 5.41) is -0.189. The zero-order chi connectivity index (χ0) is 15.9. The van der Waals surface area contributed by atoms with E-state index >= 15 is 0 Å². The zero-order valence-corrected chi connectivity index (χ0v) is 12.9. The lowest BCUT2D eigenvalue weighted by atomic mass is 10.0. The molecule has 0 spiro atoms.